The first-order chi connectivity index (χ1) is 8.97. The van der Waals surface area contributed by atoms with E-state index in [1.807, 2.05) is 26.0 Å². The highest BCUT2D eigenvalue weighted by Gasteiger charge is 2.07. The number of rotatable bonds is 3. The SMILES string of the molecule is CC(C)C(=O)Nc1ccc2cc(C(C)C)ccc2c1.[HH]. The van der Waals surface area contributed by atoms with Gasteiger partial charge < -0.3 is 5.32 Å². The number of fused-ring (bicyclic) bond motifs is 1. The van der Waals surface area contributed by atoms with Crippen molar-refractivity contribution in [3.63, 3.8) is 0 Å². The van der Waals surface area contributed by atoms with Crippen LogP contribution in [0.3, 0.4) is 0 Å². The summed E-state index contributed by atoms with van der Waals surface area (Å²) in [6.45, 7) is 8.17. The molecule has 1 N–H and O–H groups in total. The van der Waals surface area contributed by atoms with Crippen LogP contribution in [0.25, 0.3) is 10.8 Å². The van der Waals surface area contributed by atoms with Crippen molar-refractivity contribution in [3.8, 4) is 0 Å². The lowest BCUT2D eigenvalue weighted by molar-refractivity contribution is -0.118. The summed E-state index contributed by atoms with van der Waals surface area (Å²) in [5.74, 6) is 0.585. The molecule has 0 spiro atoms. The van der Waals surface area contributed by atoms with Gasteiger partial charge >= 0.3 is 0 Å². The highest BCUT2D eigenvalue weighted by atomic mass is 16.1. The predicted octanol–water partition coefficient (Wildman–Crippen LogP) is 4.80. The quantitative estimate of drug-likeness (QED) is 0.840. The molecule has 0 aliphatic heterocycles. The van der Waals surface area contributed by atoms with Gasteiger partial charge in [-0.05, 0) is 34.4 Å². The fraction of sp³-hybridized carbons (Fsp3) is 0.353. The number of nitrogens with one attached hydrogen (secondary N) is 1. The molecule has 0 atom stereocenters. The van der Waals surface area contributed by atoms with Gasteiger partial charge in [-0.25, -0.2) is 0 Å². The smallest absolute Gasteiger partial charge is 0.226 e. The lowest BCUT2D eigenvalue weighted by Crippen LogP contribution is -2.17. The van der Waals surface area contributed by atoms with Crippen molar-refractivity contribution < 1.29 is 6.22 Å². The molecule has 0 aromatic heterocycles. The molecule has 0 aliphatic rings. The van der Waals surface area contributed by atoms with E-state index in [0.717, 1.165) is 11.1 Å². The molecule has 2 nitrogen and oxygen atoms in total. The molecule has 0 unspecified atom stereocenters. The summed E-state index contributed by atoms with van der Waals surface area (Å²) in [6.07, 6.45) is 0. The van der Waals surface area contributed by atoms with Crippen molar-refractivity contribution in [1.29, 1.82) is 0 Å². The second-order valence-electron chi connectivity index (χ2n) is 5.62. The second-order valence-corrected chi connectivity index (χ2v) is 5.62. The highest BCUT2D eigenvalue weighted by Crippen LogP contribution is 2.24. The lowest BCUT2D eigenvalue weighted by Gasteiger charge is -2.10. The summed E-state index contributed by atoms with van der Waals surface area (Å²) in [5.41, 5.74) is 2.20. The van der Waals surface area contributed by atoms with Gasteiger partial charge in [0.15, 0.2) is 0 Å². The first kappa shape index (κ1) is 13.6. The third kappa shape index (κ3) is 3.14. The van der Waals surface area contributed by atoms with E-state index in [-0.39, 0.29) is 13.3 Å². The minimum absolute atomic E-state index is 0. The van der Waals surface area contributed by atoms with E-state index in [1.54, 1.807) is 0 Å². The third-order valence-electron chi connectivity index (χ3n) is 3.32. The van der Waals surface area contributed by atoms with E-state index >= 15 is 0 Å². The number of hydrogen-bond donors (Lipinski definition) is 1. The Balaban J connectivity index is 0.00000200. The molecule has 0 heterocycles. The zero-order valence-corrected chi connectivity index (χ0v) is 12.0. The minimum atomic E-state index is -0.000913. The third-order valence-corrected chi connectivity index (χ3v) is 3.32. The molecule has 2 heteroatoms. The van der Waals surface area contributed by atoms with Crippen LogP contribution in [-0.4, -0.2) is 5.91 Å². The largest absolute Gasteiger partial charge is 0.326 e. The molecule has 0 saturated heterocycles. The van der Waals surface area contributed by atoms with Crippen LogP contribution in [0.5, 0.6) is 0 Å². The van der Waals surface area contributed by atoms with Crippen LogP contribution >= 0.6 is 0 Å². The Bertz CT molecular complexity index is 605. The second kappa shape index (κ2) is 5.43. The molecule has 102 valence electrons. The van der Waals surface area contributed by atoms with Gasteiger partial charge in [0, 0.05) is 13.0 Å². The standard InChI is InChI=1S/C17H21NO.H2/c1-11(2)13-5-6-15-10-16(8-7-14(15)9-13)18-17(19)12(3)4;/h5-12H,1-4H3,(H,18,19);1H. The molecular formula is C17H23NO. The van der Waals surface area contributed by atoms with Crippen LogP contribution in [0.1, 0.15) is 40.6 Å². The molecule has 19 heavy (non-hydrogen) atoms. The van der Waals surface area contributed by atoms with Gasteiger partial charge in [0.1, 0.15) is 0 Å². The number of hydrogen-bond acceptors (Lipinski definition) is 1. The maximum Gasteiger partial charge on any atom is 0.226 e. The number of anilines is 1. The van der Waals surface area contributed by atoms with Crippen molar-refractivity contribution in [3.05, 3.63) is 42.0 Å². The van der Waals surface area contributed by atoms with Crippen molar-refractivity contribution in [2.75, 3.05) is 5.32 Å². The Hall–Kier alpha value is -1.83. The van der Waals surface area contributed by atoms with Gasteiger partial charge in [-0.3, -0.25) is 4.79 Å². The molecule has 0 fully saturated rings. The number of carbonyl (C=O) groups is 1. The van der Waals surface area contributed by atoms with Gasteiger partial charge in [-0.15, -0.1) is 0 Å². The predicted molar refractivity (Wildman–Crippen MR) is 83.6 cm³/mol. The summed E-state index contributed by atoms with van der Waals surface area (Å²) in [6, 6.07) is 12.5. The Kier molecular flexibility index (Phi) is 3.89. The van der Waals surface area contributed by atoms with E-state index in [9.17, 15) is 4.79 Å². The Morgan fingerprint density at radius 3 is 2.26 bits per heavy atom. The van der Waals surface area contributed by atoms with Gasteiger partial charge in [-0.1, -0.05) is 52.0 Å². The number of carbonyl (C=O) groups excluding carboxylic acids is 1. The summed E-state index contributed by atoms with van der Waals surface area (Å²) < 4.78 is 0. The average Bonchev–Trinajstić information content (AvgIpc) is 2.37. The van der Waals surface area contributed by atoms with Gasteiger partial charge in [0.25, 0.3) is 0 Å². The Labute approximate surface area is 116 Å². The van der Waals surface area contributed by atoms with Crippen LogP contribution in [0, 0.1) is 5.92 Å². The van der Waals surface area contributed by atoms with Crippen LogP contribution in [-0.2, 0) is 4.79 Å². The van der Waals surface area contributed by atoms with E-state index in [1.165, 1.54) is 10.9 Å². The minimum Gasteiger partial charge on any atom is -0.326 e. The first-order valence-corrected chi connectivity index (χ1v) is 6.82. The summed E-state index contributed by atoms with van der Waals surface area (Å²) >= 11 is 0. The summed E-state index contributed by atoms with van der Waals surface area (Å²) in [7, 11) is 0. The fourth-order valence-electron chi connectivity index (χ4n) is 1.99. The maximum atomic E-state index is 11.7. The van der Waals surface area contributed by atoms with Crippen molar-refractivity contribution in [2.45, 2.75) is 33.6 Å². The van der Waals surface area contributed by atoms with Crippen molar-refractivity contribution in [2.24, 2.45) is 5.92 Å². The fourth-order valence-corrected chi connectivity index (χ4v) is 1.99. The van der Waals surface area contributed by atoms with E-state index in [2.05, 4.69) is 43.4 Å². The average molecular weight is 257 g/mol. The van der Waals surface area contributed by atoms with Crippen molar-refractivity contribution >= 4 is 22.4 Å². The summed E-state index contributed by atoms with van der Waals surface area (Å²) in [4.78, 5) is 11.7. The first-order valence-electron chi connectivity index (χ1n) is 6.82. The van der Waals surface area contributed by atoms with E-state index in [0.29, 0.717) is 5.92 Å². The molecule has 0 bridgehead atoms. The monoisotopic (exact) mass is 257 g/mol. The van der Waals surface area contributed by atoms with Crippen molar-refractivity contribution in [1.82, 2.24) is 0 Å². The summed E-state index contributed by atoms with van der Waals surface area (Å²) in [5, 5.41) is 5.31. The van der Waals surface area contributed by atoms with E-state index in [4.69, 9.17) is 0 Å². The Morgan fingerprint density at radius 2 is 1.63 bits per heavy atom. The highest BCUT2D eigenvalue weighted by molar-refractivity contribution is 5.95. The van der Waals surface area contributed by atoms with Crippen LogP contribution in [0.4, 0.5) is 5.69 Å². The van der Waals surface area contributed by atoms with Crippen LogP contribution in [0.2, 0.25) is 0 Å². The van der Waals surface area contributed by atoms with E-state index < -0.39 is 0 Å². The molecule has 1 amide bonds. The molecule has 2 aromatic rings. The topological polar surface area (TPSA) is 29.1 Å². The number of amides is 1. The zero-order chi connectivity index (χ0) is 14.0. The molecule has 0 radical (unpaired) electrons. The molecule has 0 aliphatic carbocycles. The van der Waals surface area contributed by atoms with Gasteiger partial charge in [-0.2, -0.15) is 0 Å². The zero-order valence-electron chi connectivity index (χ0n) is 12.0. The molecule has 2 rings (SSSR count). The normalized spacial score (nSPS) is 11.3. The molecule has 0 saturated carbocycles. The van der Waals surface area contributed by atoms with Crippen LogP contribution in [0.15, 0.2) is 36.4 Å². The lowest BCUT2D eigenvalue weighted by atomic mass is 9.99. The Morgan fingerprint density at radius 1 is 1.00 bits per heavy atom. The number of benzene rings is 2. The molecular weight excluding hydrogens is 234 g/mol. The van der Waals surface area contributed by atoms with Gasteiger partial charge in [0.2, 0.25) is 5.91 Å². The molecule has 2 aromatic carbocycles. The maximum absolute atomic E-state index is 11.7. The van der Waals surface area contributed by atoms with Gasteiger partial charge in [0.05, 0.1) is 0 Å². The van der Waals surface area contributed by atoms with Crippen LogP contribution < -0.4 is 5.32 Å².